The Labute approximate surface area is 217 Å². The highest BCUT2D eigenvalue weighted by Gasteiger charge is 2.21. The van der Waals surface area contributed by atoms with Crippen LogP contribution in [-0.2, 0) is 6.42 Å². The van der Waals surface area contributed by atoms with Crippen LogP contribution in [0.15, 0.2) is 88.1 Å². The fourth-order valence-corrected chi connectivity index (χ4v) is 4.58. The van der Waals surface area contributed by atoms with E-state index in [-0.39, 0.29) is 27.1 Å². The molecule has 5 nitrogen and oxygen atoms in total. The van der Waals surface area contributed by atoms with Crippen molar-refractivity contribution in [2.75, 3.05) is 13.6 Å². The Kier molecular flexibility index (Phi) is 6.44. The molecule has 2 aliphatic rings. The maximum Gasteiger partial charge on any atom is 0.253 e. The third-order valence-corrected chi connectivity index (χ3v) is 6.79. The molecule has 0 radical (unpaired) electrons. The fourth-order valence-electron chi connectivity index (χ4n) is 4.25. The lowest BCUT2D eigenvalue weighted by molar-refractivity contribution is 0.0796. The molecule has 0 atom stereocenters. The Morgan fingerprint density at radius 2 is 1.67 bits per heavy atom. The van der Waals surface area contributed by atoms with Gasteiger partial charge >= 0.3 is 0 Å². The molecule has 1 heterocycles. The standard InChI is InChI=1S/C29H21Cl2NO4/c1-32(12-11-17-5-3-2-4-6-17)29(35)19-9-7-18(8-10-19)28-20-13-22(30)24(33)15-26(20)36-27-16-25(34)23(31)14-21(27)28/h2-10,13-16,33H,11-12H2,1H3. The number of amides is 1. The van der Waals surface area contributed by atoms with Gasteiger partial charge in [-0.15, -0.1) is 0 Å². The molecule has 3 aromatic rings. The topological polar surface area (TPSA) is 70.8 Å². The van der Waals surface area contributed by atoms with Crippen molar-refractivity contribution in [2.24, 2.45) is 0 Å². The van der Waals surface area contributed by atoms with Gasteiger partial charge in [-0.1, -0.05) is 65.7 Å². The molecule has 0 fully saturated rings. The molecule has 7 heteroatoms. The van der Waals surface area contributed by atoms with E-state index >= 15 is 0 Å². The molecule has 1 amide bonds. The Morgan fingerprint density at radius 1 is 0.944 bits per heavy atom. The second-order valence-electron chi connectivity index (χ2n) is 8.60. The highest BCUT2D eigenvalue weighted by atomic mass is 35.5. The third kappa shape index (κ3) is 4.55. The van der Waals surface area contributed by atoms with Gasteiger partial charge in [0.25, 0.3) is 5.91 Å². The van der Waals surface area contributed by atoms with Gasteiger partial charge in [-0.05, 0) is 41.8 Å². The number of halogens is 2. The normalized spacial score (nSPS) is 11.2. The molecule has 3 aromatic carbocycles. The monoisotopic (exact) mass is 517 g/mol. The molecule has 0 unspecified atom stereocenters. The third-order valence-electron chi connectivity index (χ3n) is 6.19. The Balaban J connectivity index is 1.53. The van der Waals surface area contributed by atoms with Gasteiger partial charge in [0, 0.05) is 47.8 Å². The van der Waals surface area contributed by atoms with Crippen molar-refractivity contribution in [2.45, 2.75) is 6.42 Å². The maximum atomic E-state index is 13.0. The molecule has 36 heavy (non-hydrogen) atoms. The molecule has 1 aliphatic heterocycles. The maximum absolute atomic E-state index is 13.0. The van der Waals surface area contributed by atoms with E-state index < -0.39 is 0 Å². The summed E-state index contributed by atoms with van der Waals surface area (Å²) in [6, 6.07) is 23.2. The molecule has 0 aromatic heterocycles. The number of hydrogen-bond acceptors (Lipinski definition) is 4. The minimum atomic E-state index is -0.365. The molecule has 0 saturated heterocycles. The van der Waals surface area contributed by atoms with Gasteiger partial charge in [0.1, 0.15) is 17.1 Å². The predicted octanol–water partition coefficient (Wildman–Crippen LogP) is 6.89. The van der Waals surface area contributed by atoms with E-state index in [2.05, 4.69) is 0 Å². The molecule has 0 bridgehead atoms. The van der Waals surface area contributed by atoms with E-state index in [1.165, 1.54) is 17.7 Å². The predicted molar refractivity (Wildman–Crippen MR) is 143 cm³/mol. The molecule has 0 saturated carbocycles. The first-order chi connectivity index (χ1) is 17.3. The van der Waals surface area contributed by atoms with Crippen LogP contribution in [0.3, 0.4) is 0 Å². The van der Waals surface area contributed by atoms with Crippen LogP contribution in [0.2, 0.25) is 10.0 Å². The second-order valence-corrected chi connectivity index (χ2v) is 9.41. The van der Waals surface area contributed by atoms with Crippen LogP contribution in [0.25, 0.3) is 33.4 Å². The van der Waals surface area contributed by atoms with Crippen LogP contribution in [0.1, 0.15) is 15.9 Å². The van der Waals surface area contributed by atoms with Gasteiger partial charge in [-0.2, -0.15) is 0 Å². The average Bonchev–Trinajstić information content (AvgIpc) is 2.88. The number of carbonyl (C=O) groups excluding carboxylic acids is 1. The molecule has 5 rings (SSSR count). The highest BCUT2D eigenvalue weighted by molar-refractivity contribution is 6.33. The zero-order valence-electron chi connectivity index (χ0n) is 19.3. The van der Waals surface area contributed by atoms with Crippen LogP contribution in [0.5, 0.6) is 5.75 Å². The van der Waals surface area contributed by atoms with Crippen LogP contribution in [-0.4, -0.2) is 29.5 Å². The first-order valence-electron chi connectivity index (χ1n) is 11.3. The minimum absolute atomic E-state index is 0.0648. The first-order valence-corrected chi connectivity index (χ1v) is 12.1. The van der Waals surface area contributed by atoms with E-state index in [1.807, 2.05) is 42.5 Å². The zero-order valence-corrected chi connectivity index (χ0v) is 20.8. The molecule has 0 spiro atoms. The van der Waals surface area contributed by atoms with E-state index in [0.29, 0.717) is 34.4 Å². The van der Waals surface area contributed by atoms with Gasteiger partial charge in [0.2, 0.25) is 5.43 Å². The van der Waals surface area contributed by atoms with Gasteiger partial charge in [0.05, 0.1) is 10.0 Å². The lowest BCUT2D eigenvalue weighted by Gasteiger charge is -2.18. The van der Waals surface area contributed by atoms with Crippen LogP contribution in [0, 0.1) is 0 Å². The Morgan fingerprint density at radius 3 is 2.39 bits per heavy atom. The van der Waals surface area contributed by atoms with Gasteiger partial charge in [-0.25, -0.2) is 0 Å². The SMILES string of the molecule is CN(CCc1ccccc1)C(=O)c1ccc(-c2c3cc(Cl)c(=O)cc-3oc3cc(O)c(Cl)cc23)cc1. The average molecular weight is 518 g/mol. The van der Waals surface area contributed by atoms with Crippen molar-refractivity contribution >= 4 is 40.1 Å². The van der Waals surface area contributed by atoms with Gasteiger partial charge in [-0.3, -0.25) is 9.59 Å². The molecule has 180 valence electrons. The lowest BCUT2D eigenvalue weighted by atomic mass is 9.93. The number of likely N-dealkylation sites (N-methyl/N-ethyl adjacent to an activating group) is 1. The summed E-state index contributed by atoms with van der Waals surface area (Å²) in [6.45, 7) is 0.595. The summed E-state index contributed by atoms with van der Waals surface area (Å²) in [5.74, 6) is 0.116. The lowest BCUT2D eigenvalue weighted by Crippen LogP contribution is -2.28. The van der Waals surface area contributed by atoms with Crippen LogP contribution in [0.4, 0.5) is 0 Å². The summed E-state index contributed by atoms with van der Waals surface area (Å²) in [7, 11) is 1.79. The number of benzene rings is 4. The molecular formula is C29H21Cl2NO4. The van der Waals surface area contributed by atoms with Gasteiger partial charge < -0.3 is 14.4 Å². The Bertz CT molecular complexity index is 1610. The van der Waals surface area contributed by atoms with Crippen molar-refractivity contribution in [1.29, 1.82) is 0 Å². The van der Waals surface area contributed by atoms with E-state index in [4.69, 9.17) is 27.6 Å². The highest BCUT2D eigenvalue weighted by Crippen LogP contribution is 2.43. The second kappa shape index (κ2) is 9.69. The van der Waals surface area contributed by atoms with Crippen LogP contribution < -0.4 is 5.43 Å². The number of phenolic OH excluding ortho intramolecular Hbond substituents is 1. The smallest absolute Gasteiger partial charge is 0.253 e. The zero-order chi connectivity index (χ0) is 25.4. The summed E-state index contributed by atoms with van der Waals surface area (Å²) < 4.78 is 5.90. The molecule has 1 N–H and O–H groups in total. The largest absolute Gasteiger partial charge is 0.506 e. The number of hydrogen-bond donors (Lipinski definition) is 1. The summed E-state index contributed by atoms with van der Waals surface area (Å²) >= 11 is 12.4. The van der Waals surface area contributed by atoms with Crippen molar-refractivity contribution in [3.8, 4) is 28.2 Å². The number of aromatic hydroxyl groups is 1. The quantitative estimate of drug-likeness (QED) is 0.257. The van der Waals surface area contributed by atoms with E-state index in [0.717, 1.165) is 17.5 Å². The number of carbonyl (C=O) groups is 1. The van der Waals surface area contributed by atoms with Crippen LogP contribution >= 0.6 is 23.2 Å². The number of nitrogens with zero attached hydrogens (tertiary/aromatic N) is 1. The number of phenols is 1. The first kappa shape index (κ1) is 23.9. The summed E-state index contributed by atoms with van der Waals surface area (Å²) in [4.78, 5) is 26.9. The summed E-state index contributed by atoms with van der Waals surface area (Å²) in [6.07, 6.45) is 0.767. The summed E-state index contributed by atoms with van der Waals surface area (Å²) in [5, 5.41) is 11.0. The molecule has 1 aliphatic carbocycles. The fraction of sp³-hybridized carbons (Fsp3) is 0.103. The van der Waals surface area contributed by atoms with E-state index in [9.17, 15) is 14.7 Å². The van der Waals surface area contributed by atoms with E-state index in [1.54, 1.807) is 36.2 Å². The van der Waals surface area contributed by atoms with Crippen molar-refractivity contribution < 1.29 is 14.3 Å². The minimum Gasteiger partial charge on any atom is -0.506 e. The van der Waals surface area contributed by atoms with Gasteiger partial charge in [0.15, 0.2) is 0 Å². The van der Waals surface area contributed by atoms with Crippen molar-refractivity contribution in [3.05, 3.63) is 110 Å². The number of fused-ring (bicyclic) bond motifs is 2. The van der Waals surface area contributed by atoms with Crippen molar-refractivity contribution in [3.63, 3.8) is 0 Å². The summed E-state index contributed by atoms with van der Waals surface area (Å²) in [5.41, 5.74) is 3.85. The Hall–Kier alpha value is -3.80. The molecular weight excluding hydrogens is 497 g/mol. The van der Waals surface area contributed by atoms with Crippen molar-refractivity contribution in [1.82, 2.24) is 4.90 Å². The number of rotatable bonds is 5.